The van der Waals surface area contributed by atoms with E-state index in [1.165, 1.54) is 23.5 Å². The van der Waals surface area contributed by atoms with Gasteiger partial charge in [0.1, 0.15) is 10.7 Å². The van der Waals surface area contributed by atoms with Crippen molar-refractivity contribution in [3.63, 3.8) is 0 Å². The van der Waals surface area contributed by atoms with Crippen molar-refractivity contribution < 1.29 is 23.1 Å². The van der Waals surface area contributed by atoms with Gasteiger partial charge >= 0.3 is 6.18 Å². The number of nitrogens with zero attached hydrogens (tertiary/aromatic N) is 2. The van der Waals surface area contributed by atoms with Crippen LogP contribution in [0.3, 0.4) is 0 Å². The Kier molecular flexibility index (Phi) is 6.85. The fraction of sp³-hybridized carbons (Fsp3) is 0.316. The van der Waals surface area contributed by atoms with E-state index in [1.54, 1.807) is 6.07 Å². The Balaban J connectivity index is 1.68. The van der Waals surface area contributed by atoms with E-state index >= 15 is 0 Å². The van der Waals surface area contributed by atoms with Crippen LogP contribution in [0, 0.1) is 0 Å². The highest BCUT2D eigenvalue weighted by Gasteiger charge is 2.30. The van der Waals surface area contributed by atoms with Gasteiger partial charge in [-0.2, -0.15) is 13.2 Å². The van der Waals surface area contributed by atoms with Gasteiger partial charge in [0.2, 0.25) is 0 Å². The van der Waals surface area contributed by atoms with Crippen LogP contribution in [0.5, 0.6) is 0 Å². The first-order valence-electron chi connectivity index (χ1n) is 9.10. The van der Waals surface area contributed by atoms with Crippen LogP contribution < -0.4 is 11.1 Å². The molecule has 0 unspecified atom stereocenters. The minimum Gasteiger partial charge on any atom is -0.396 e. The van der Waals surface area contributed by atoms with Gasteiger partial charge in [-0.3, -0.25) is 9.78 Å². The topological polar surface area (TPSA) is 117 Å². The van der Waals surface area contributed by atoms with E-state index in [2.05, 4.69) is 20.3 Å². The molecule has 0 saturated carbocycles. The molecule has 3 aromatic rings. The van der Waals surface area contributed by atoms with Gasteiger partial charge in [0.15, 0.2) is 0 Å². The summed E-state index contributed by atoms with van der Waals surface area (Å²) < 4.78 is 38.0. The van der Waals surface area contributed by atoms with Crippen molar-refractivity contribution in [2.45, 2.75) is 25.1 Å². The Morgan fingerprint density at radius 1 is 1.30 bits per heavy atom. The minimum atomic E-state index is -4.46. The maximum atomic E-state index is 12.7. The monoisotopic (exact) mass is 439 g/mol. The molecule has 160 valence electrons. The highest BCUT2D eigenvalue weighted by Crippen LogP contribution is 2.29. The van der Waals surface area contributed by atoms with E-state index in [4.69, 9.17) is 10.8 Å². The quantitative estimate of drug-likeness (QED) is 0.431. The number of hydrogen-bond donors (Lipinski definition) is 4. The van der Waals surface area contributed by atoms with Gasteiger partial charge in [-0.25, -0.2) is 4.98 Å². The number of aliphatic hydroxyl groups is 1. The number of aryl methyl sites for hydroxylation is 1. The van der Waals surface area contributed by atoms with Crippen molar-refractivity contribution in [2.75, 3.05) is 13.2 Å². The van der Waals surface area contributed by atoms with E-state index in [0.29, 0.717) is 23.5 Å². The predicted molar refractivity (Wildman–Crippen MR) is 106 cm³/mol. The van der Waals surface area contributed by atoms with Crippen molar-refractivity contribution in [1.82, 2.24) is 20.3 Å². The Hall–Kier alpha value is -2.76. The number of nitrogens with two attached hydrogens (primary N) is 1. The zero-order valence-electron chi connectivity index (χ0n) is 15.7. The lowest BCUT2D eigenvalue weighted by atomic mass is 10.2. The molecule has 3 heterocycles. The third-order valence-electron chi connectivity index (χ3n) is 4.30. The van der Waals surface area contributed by atoms with Crippen LogP contribution in [0.1, 0.15) is 39.2 Å². The number of hydrogen-bond acceptors (Lipinski definition) is 6. The van der Waals surface area contributed by atoms with Crippen LogP contribution in [-0.2, 0) is 12.6 Å². The molecule has 3 rings (SSSR count). The van der Waals surface area contributed by atoms with Gasteiger partial charge < -0.3 is 21.1 Å². The van der Waals surface area contributed by atoms with Crippen LogP contribution in [0.15, 0.2) is 35.8 Å². The lowest BCUT2D eigenvalue weighted by Gasteiger charge is -2.13. The molecule has 0 saturated heterocycles. The Morgan fingerprint density at radius 3 is 2.73 bits per heavy atom. The van der Waals surface area contributed by atoms with Crippen molar-refractivity contribution >= 4 is 17.2 Å². The third kappa shape index (κ3) is 5.23. The number of rotatable bonds is 8. The summed E-state index contributed by atoms with van der Waals surface area (Å²) in [7, 11) is 0. The van der Waals surface area contributed by atoms with Gasteiger partial charge in [0.05, 0.1) is 28.7 Å². The van der Waals surface area contributed by atoms with E-state index in [1.807, 2.05) is 5.38 Å². The lowest BCUT2D eigenvalue weighted by Crippen LogP contribution is -2.33. The summed E-state index contributed by atoms with van der Waals surface area (Å²) >= 11 is 1.38. The summed E-state index contributed by atoms with van der Waals surface area (Å²) in [6.07, 6.45) is -2.47. The maximum absolute atomic E-state index is 12.7. The summed E-state index contributed by atoms with van der Waals surface area (Å²) in [5, 5.41) is 14.2. The van der Waals surface area contributed by atoms with Gasteiger partial charge in [-0.1, -0.05) is 0 Å². The molecule has 11 heteroatoms. The maximum Gasteiger partial charge on any atom is 0.417 e. The van der Waals surface area contributed by atoms with Crippen molar-refractivity contribution in [3.05, 3.63) is 57.8 Å². The average molecular weight is 439 g/mol. The number of thiazole rings is 1. The Morgan fingerprint density at radius 2 is 2.10 bits per heavy atom. The number of carbonyl (C=O) groups excluding carboxylic acids is 1. The van der Waals surface area contributed by atoms with Crippen LogP contribution in [0.25, 0.3) is 11.4 Å². The number of aromatic nitrogens is 3. The molecular formula is C19H20F3N5O2S. The molecule has 0 aliphatic rings. The number of amides is 1. The molecule has 5 N–H and O–H groups in total. The van der Waals surface area contributed by atoms with E-state index in [-0.39, 0.29) is 24.5 Å². The second-order valence-electron chi connectivity index (χ2n) is 6.48. The molecule has 0 radical (unpaired) electrons. The van der Waals surface area contributed by atoms with E-state index in [9.17, 15) is 18.0 Å². The molecule has 3 aromatic heterocycles. The van der Waals surface area contributed by atoms with E-state index < -0.39 is 23.7 Å². The second-order valence-corrected chi connectivity index (χ2v) is 7.37. The average Bonchev–Trinajstić information content (AvgIpc) is 3.40. The fourth-order valence-electron chi connectivity index (χ4n) is 2.71. The molecule has 0 fully saturated rings. The molecule has 1 atom stereocenters. The predicted octanol–water partition coefficient (Wildman–Crippen LogP) is 2.91. The molecule has 1 amide bonds. The van der Waals surface area contributed by atoms with Crippen LogP contribution in [0.2, 0.25) is 0 Å². The first-order valence-corrected chi connectivity index (χ1v) is 9.98. The normalized spacial score (nSPS) is 12.7. The second kappa shape index (κ2) is 9.37. The number of pyridine rings is 1. The molecule has 0 spiro atoms. The van der Waals surface area contributed by atoms with Crippen molar-refractivity contribution in [2.24, 2.45) is 5.73 Å². The zero-order chi connectivity index (χ0) is 21.7. The molecule has 0 aromatic carbocycles. The van der Waals surface area contributed by atoms with Gasteiger partial charge in [-0.15, -0.1) is 11.3 Å². The SMILES string of the molecule is NC[C@H](NC(=O)c1ccc(-c2ccc(C(F)(F)F)cn2)[nH]1)c1nc(CCCO)cs1. The van der Waals surface area contributed by atoms with Crippen LogP contribution in [-0.4, -0.2) is 39.1 Å². The number of aromatic amines is 1. The molecule has 0 bridgehead atoms. The number of nitrogens with one attached hydrogen (secondary N) is 2. The molecular weight excluding hydrogens is 419 g/mol. The van der Waals surface area contributed by atoms with Gasteiger partial charge in [-0.05, 0) is 37.1 Å². The molecule has 0 aliphatic heterocycles. The number of alkyl halides is 3. The number of aliphatic hydroxyl groups excluding tert-OH is 1. The van der Waals surface area contributed by atoms with Crippen molar-refractivity contribution in [1.29, 1.82) is 0 Å². The highest BCUT2D eigenvalue weighted by atomic mass is 32.1. The summed E-state index contributed by atoms with van der Waals surface area (Å²) in [6.45, 7) is 0.222. The Labute approximate surface area is 174 Å². The summed E-state index contributed by atoms with van der Waals surface area (Å²) in [5.74, 6) is -0.421. The first kappa shape index (κ1) is 21.9. The molecule has 7 nitrogen and oxygen atoms in total. The number of H-pyrrole nitrogens is 1. The standard InChI is InChI=1S/C19H20F3N5O2S/c20-19(21,22)11-3-4-13(24-9-11)14-5-6-15(26-14)17(29)27-16(8-23)18-25-12(10-30-18)2-1-7-28/h3-6,9-10,16,26,28H,1-2,7-8,23H2,(H,27,29)/t16-/m0/s1. The van der Waals surface area contributed by atoms with Gasteiger partial charge in [0.25, 0.3) is 5.91 Å². The van der Waals surface area contributed by atoms with Crippen LogP contribution >= 0.6 is 11.3 Å². The Bertz CT molecular complexity index is 985. The fourth-order valence-corrected chi connectivity index (χ4v) is 3.63. The largest absolute Gasteiger partial charge is 0.417 e. The van der Waals surface area contributed by atoms with Crippen molar-refractivity contribution in [3.8, 4) is 11.4 Å². The zero-order valence-corrected chi connectivity index (χ0v) is 16.6. The molecule has 30 heavy (non-hydrogen) atoms. The number of halogens is 3. The smallest absolute Gasteiger partial charge is 0.396 e. The van der Waals surface area contributed by atoms with Gasteiger partial charge in [0, 0.05) is 24.7 Å². The van der Waals surface area contributed by atoms with Crippen LogP contribution in [0.4, 0.5) is 13.2 Å². The first-order chi connectivity index (χ1) is 14.3. The van der Waals surface area contributed by atoms with E-state index in [0.717, 1.165) is 18.0 Å². The highest BCUT2D eigenvalue weighted by molar-refractivity contribution is 7.09. The summed E-state index contributed by atoms with van der Waals surface area (Å²) in [6, 6.07) is 4.78. The summed E-state index contributed by atoms with van der Waals surface area (Å²) in [5.41, 5.74) is 6.69. The third-order valence-corrected chi connectivity index (χ3v) is 5.30. The molecule has 0 aliphatic carbocycles. The minimum absolute atomic E-state index is 0.0763. The summed E-state index contributed by atoms with van der Waals surface area (Å²) in [4.78, 5) is 23.7. The lowest BCUT2D eigenvalue weighted by molar-refractivity contribution is -0.137. The number of carbonyl (C=O) groups is 1.